The molecule has 0 aromatic heterocycles. The zero-order valence-electron chi connectivity index (χ0n) is 12.8. The lowest BCUT2D eigenvalue weighted by Crippen LogP contribution is -2.45. The second kappa shape index (κ2) is 6.54. The Morgan fingerprint density at radius 3 is 2.52 bits per heavy atom. The zero-order chi connectivity index (χ0) is 16.4. The summed E-state index contributed by atoms with van der Waals surface area (Å²) >= 11 is 0. The molecule has 2 atom stereocenters. The molecule has 8 heteroatoms. The number of nitro benzene ring substituents is 1. The Bertz CT molecular complexity index is 668. The molecule has 0 aliphatic carbocycles. The predicted octanol–water partition coefficient (Wildman–Crippen LogP) is 1.75. The van der Waals surface area contributed by atoms with Crippen molar-refractivity contribution in [2.24, 2.45) is 5.92 Å². The van der Waals surface area contributed by atoms with Gasteiger partial charge in [-0.05, 0) is 50.3 Å². The summed E-state index contributed by atoms with van der Waals surface area (Å²) in [4.78, 5) is 10.3. The maximum absolute atomic E-state index is 12.8. The van der Waals surface area contributed by atoms with Crippen LogP contribution >= 0.6 is 0 Å². The zero-order valence-corrected chi connectivity index (χ0v) is 13.7. The van der Waals surface area contributed by atoms with E-state index < -0.39 is 14.9 Å². The highest BCUT2D eigenvalue weighted by atomic mass is 32.2. The number of non-ortho nitro benzene ring substituents is 1. The smallest absolute Gasteiger partial charge is 0.269 e. The van der Waals surface area contributed by atoms with Gasteiger partial charge in [-0.1, -0.05) is 0 Å². The van der Waals surface area contributed by atoms with Crippen LogP contribution in [0.5, 0.6) is 0 Å². The molecule has 0 saturated carbocycles. The summed E-state index contributed by atoms with van der Waals surface area (Å²) in [5.74, 6) is 0.346. The molecule has 2 heterocycles. The lowest BCUT2D eigenvalue weighted by atomic mass is 9.91. The summed E-state index contributed by atoms with van der Waals surface area (Å²) in [7, 11) is -3.58. The van der Waals surface area contributed by atoms with E-state index in [9.17, 15) is 18.5 Å². The molecule has 7 nitrogen and oxygen atoms in total. The van der Waals surface area contributed by atoms with Crippen molar-refractivity contribution in [1.29, 1.82) is 0 Å². The first kappa shape index (κ1) is 16.4. The summed E-state index contributed by atoms with van der Waals surface area (Å²) in [6.07, 6.45) is 4.16. The van der Waals surface area contributed by atoms with Crippen molar-refractivity contribution in [3.05, 3.63) is 34.4 Å². The van der Waals surface area contributed by atoms with E-state index in [-0.39, 0.29) is 10.6 Å². The highest BCUT2D eigenvalue weighted by molar-refractivity contribution is 7.89. The molecule has 2 aliphatic rings. The minimum atomic E-state index is -3.58. The first-order valence-corrected chi connectivity index (χ1v) is 9.40. The van der Waals surface area contributed by atoms with E-state index in [0.717, 1.165) is 32.2 Å². The number of benzene rings is 1. The molecular formula is C15H21N3O4S. The van der Waals surface area contributed by atoms with Crippen molar-refractivity contribution < 1.29 is 13.3 Å². The summed E-state index contributed by atoms with van der Waals surface area (Å²) in [5, 5.41) is 14.2. The average molecular weight is 339 g/mol. The third-order valence-corrected chi connectivity index (χ3v) is 6.65. The van der Waals surface area contributed by atoms with Crippen molar-refractivity contribution in [3.8, 4) is 0 Å². The van der Waals surface area contributed by atoms with Gasteiger partial charge in [0.25, 0.3) is 5.69 Å². The highest BCUT2D eigenvalue weighted by Crippen LogP contribution is 2.29. The van der Waals surface area contributed by atoms with Gasteiger partial charge in [0.05, 0.1) is 9.82 Å². The molecule has 1 aromatic carbocycles. The van der Waals surface area contributed by atoms with Gasteiger partial charge in [-0.2, -0.15) is 4.31 Å². The van der Waals surface area contributed by atoms with Crippen LogP contribution in [0.4, 0.5) is 5.69 Å². The number of nitrogens with one attached hydrogen (secondary N) is 1. The highest BCUT2D eigenvalue weighted by Gasteiger charge is 2.34. The van der Waals surface area contributed by atoms with E-state index in [0.29, 0.717) is 25.0 Å². The molecule has 0 radical (unpaired) electrons. The maximum Gasteiger partial charge on any atom is 0.269 e. The molecule has 0 spiro atoms. The molecule has 1 N–H and O–H groups in total. The fourth-order valence-corrected chi connectivity index (χ4v) is 5.06. The van der Waals surface area contributed by atoms with Crippen LogP contribution in [0.1, 0.15) is 25.7 Å². The number of piperidine rings is 1. The van der Waals surface area contributed by atoms with E-state index in [1.54, 1.807) is 0 Å². The van der Waals surface area contributed by atoms with Crippen molar-refractivity contribution in [3.63, 3.8) is 0 Å². The molecule has 1 aromatic rings. The van der Waals surface area contributed by atoms with Crippen LogP contribution in [0.25, 0.3) is 0 Å². The third-order valence-electron chi connectivity index (χ3n) is 4.77. The van der Waals surface area contributed by atoms with Gasteiger partial charge in [-0.25, -0.2) is 8.42 Å². The largest absolute Gasteiger partial charge is 0.314 e. The second-order valence-electron chi connectivity index (χ2n) is 6.22. The number of hydrogen-bond donors (Lipinski definition) is 1. The standard InChI is InChI=1S/C15H21N3O4S/c19-18(20)13-5-7-14(8-6-13)23(21,22)17-10-2-3-12(11-17)15-4-1-9-16-15/h5-8,12,15-16H,1-4,9-11H2. The summed E-state index contributed by atoms with van der Waals surface area (Å²) < 4.78 is 27.1. The lowest BCUT2D eigenvalue weighted by Gasteiger charge is -2.35. The van der Waals surface area contributed by atoms with Gasteiger partial charge in [-0.15, -0.1) is 0 Å². The summed E-state index contributed by atoms with van der Waals surface area (Å²) in [5.41, 5.74) is -0.101. The molecule has 0 amide bonds. The van der Waals surface area contributed by atoms with Gasteiger partial charge >= 0.3 is 0 Å². The Balaban J connectivity index is 1.76. The van der Waals surface area contributed by atoms with Crippen LogP contribution in [-0.2, 0) is 10.0 Å². The van der Waals surface area contributed by atoms with Gasteiger partial charge in [0.1, 0.15) is 0 Å². The van der Waals surface area contributed by atoms with E-state index in [1.807, 2.05) is 0 Å². The van der Waals surface area contributed by atoms with Crippen LogP contribution in [0.2, 0.25) is 0 Å². The topological polar surface area (TPSA) is 92.5 Å². The number of nitro groups is 1. The summed E-state index contributed by atoms with van der Waals surface area (Å²) in [6, 6.07) is 5.54. The maximum atomic E-state index is 12.8. The number of nitrogens with zero attached hydrogens (tertiary/aromatic N) is 2. The van der Waals surface area contributed by atoms with Crippen molar-refractivity contribution in [2.45, 2.75) is 36.6 Å². The lowest BCUT2D eigenvalue weighted by molar-refractivity contribution is -0.384. The monoisotopic (exact) mass is 339 g/mol. The van der Waals surface area contributed by atoms with Gasteiger partial charge in [0.15, 0.2) is 0 Å². The molecule has 2 fully saturated rings. The first-order chi connectivity index (χ1) is 11.0. The second-order valence-corrected chi connectivity index (χ2v) is 8.16. The van der Waals surface area contributed by atoms with Crippen LogP contribution in [0, 0.1) is 16.0 Å². The van der Waals surface area contributed by atoms with Crippen molar-refractivity contribution in [1.82, 2.24) is 9.62 Å². The van der Waals surface area contributed by atoms with Crippen molar-refractivity contribution >= 4 is 15.7 Å². The normalized spacial score (nSPS) is 26.3. The Hall–Kier alpha value is -1.51. The molecule has 0 bridgehead atoms. The van der Waals surface area contributed by atoms with E-state index >= 15 is 0 Å². The molecular weight excluding hydrogens is 318 g/mol. The van der Waals surface area contributed by atoms with Gasteiger partial charge in [-0.3, -0.25) is 10.1 Å². The quantitative estimate of drug-likeness (QED) is 0.666. The van der Waals surface area contributed by atoms with E-state index in [4.69, 9.17) is 0 Å². The van der Waals surface area contributed by atoms with Crippen molar-refractivity contribution in [2.75, 3.05) is 19.6 Å². The molecule has 2 aliphatic heterocycles. The Morgan fingerprint density at radius 1 is 1.17 bits per heavy atom. The minimum absolute atomic E-state index is 0.101. The van der Waals surface area contributed by atoms with E-state index in [2.05, 4.69) is 5.32 Å². The molecule has 126 valence electrons. The van der Waals surface area contributed by atoms with Gasteiger partial charge in [0, 0.05) is 31.3 Å². The Morgan fingerprint density at radius 2 is 1.91 bits per heavy atom. The van der Waals surface area contributed by atoms with Crippen LogP contribution in [-0.4, -0.2) is 43.3 Å². The molecule has 3 rings (SSSR count). The number of sulfonamides is 1. The Kier molecular flexibility index (Phi) is 4.65. The van der Waals surface area contributed by atoms with Crippen LogP contribution in [0.15, 0.2) is 29.2 Å². The average Bonchev–Trinajstić information content (AvgIpc) is 3.09. The predicted molar refractivity (Wildman–Crippen MR) is 85.6 cm³/mol. The minimum Gasteiger partial charge on any atom is -0.314 e. The third kappa shape index (κ3) is 3.39. The van der Waals surface area contributed by atoms with Gasteiger partial charge < -0.3 is 5.32 Å². The number of rotatable bonds is 4. The van der Waals surface area contributed by atoms with E-state index in [1.165, 1.54) is 28.6 Å². The SMILES string of the molecule is O=[N+]([O-])c1ccc(S(=O)(=O)N2CCCC(C3CCCN3)C2)cc1. The fraction of sp³-hybridized carbons (Fsp3) is 0.600. The van der Waals surface area contributed by atoms with Gasteiger partial charge in [0.2, 0.25) is 10.0 Å². The number of hydrogen-bond acceptors (Lipinski definition) is 5. The molecule has 2 saturated heterocycles. The Labute approximate surface area is 135 Å². The fourth-order valence-electron chi connectivity index (χ4n) is 3.52. The van der Waals surface area contributed by atoms with Crippen LogP contribution in [0.3, 0.4) is 0 Å². The summed E-state index contributed by atoms with van der Waals surface area (Å²) in [6.45, 7) is 2.05. The van der Waals surface area contributed by atoms with Crippen LogP contribution < -0.4 is 5.32 Å². The molecule has 23 heavy (non-hydrogen) atoms. The first-order valence-electron chi connectivity index (χ1n) is 7.96. The molecule has 2 unspecified atom stereocenters.